The lowest BCUT2D eigenvalue weighted by molar-refractivity contribution is -0.0690. The Balaban J connectivity index is 2.24. The second kappa shape index (κ2) is 4.52. The summed E-state index contributed by atoms with van der Waals surface area (Å²) in [6, 6.07) is 6.47. The highest BCUT2D eigenvalue weighted by Gasteiger charge is 2.36. The molecule has 0 saturated heterocycles. The molecule has 0 aromatic heterocycles. The average Bonchev–Trinajstić information content (AvgIpc) is 2.32. The summed E-state index contributed by atoms with van der Waals surface area (Å²) in [4.78, 5) is 0. The molecule has 1 saturated carbocycles. The smallest absolute Gasteiger partial charge is 0.123 e. The first-order valence-electron chi connectivity index (χ1n) is 5.65. The van der Waals surface area contributed by atoms with Crippen LogP contribution in [0.25, 0.3) is 0 Å². The minimum Gasteiger partial charge on any atom is -0.393 e. The lowest BCUT2D eigenvalue weighted by atomic mass is 9.78. The third-order valence-electron chi connectivity index (χ3n) is 3.52. The van der Waals surface area contributed by atoms with Gasteiger partial charge in [0.2, 0.25) is 0 Å². The summed E-state index contributed by atoms with van der Waals surface area (Å²) in [5.74, 6) is -0.231. The molecule has 2 nitrogen and oxygen atoms in total. The third-order valence-corrected chi connectivity index (χ3v) is 3.52. The highest BCUT2D eigenvalue weighted by Crippen LogP contribution is 2.39. The van der Waals surface area contributed by atoms with Crippen LogP contribution in [-0.4, -0.2) is 18.3 Å². The lowest BCUT2D eigenvalue weighted by Gasteiger charge is -2.38. The Morgan fingerprint density at radius 2 is 1.81 bits per heavy atom. The van der Waals surface area contributed by atoms with Crippen LogP contribution in [0.2, 0.25) is 0 Å². The Kier molecular flexibility index (Phi) is 3.26. The maximum Gasteiger partial charge on any atom is 0.123 e. The van der Waals surface area contributed by atoms with Gasteiger partial charge in [0.15, 0.2) is 0 Å². The van der Waals surface area contributed by atoms with Crippen LogP contribution < -0.4 is 0 Å². The van der Waals surface area contributed by atoms with Gasteiger partial charge < -0.3 is 9.84 Å². The van der Waals surface area contributed by atoms with Crippen molar-refractivity contribution < 1.29 is 14.2 Å². The van der Waals surface area contributed by atoms with E-state index in [-0.39, 0.29) is 17.5 Å². The largest absolute Gasteiger partial charge is 0.393 e. The zero-order valence-electron chi connectivity index (χ0n) is 9.45. The second-order valence-electron chi connectivity index (χ2n) is 4.44. The van der Waals surface area contributed by atoms with Gasteiger partial charge in [-0.25, -0.2) is 4.39 Å². The number of benzene rings is 1. The predicted octanol–water partition coefficient (Wildman–Crippen LogP) is 2.60. The van der Waals surface area contributed by atoms with E-state index >= 15 is 0 Å². The van der Waals surface area contributed by atoms with Crippen LogP contribution in [-0.2, 0) is 10.3 Å². The molecule has 0 unspecified atom stereocenters. The van der Waals surface area contributed by atoms with E-state index in [2.05, 4.69) is 0 Å². The van der Waals surface area contributed by atoms with Gasteiger partial charge in [0, 0.05) is 7.11 Å². The Morgan fingerprint density at radius 1 is 1.25 bits per heavy atom. The van der Waals surface area contributed by atoms with Crippen molar-refractivity contribution in [2.75, 3.05) is 7.11 Å². The van der Waals surface area contributed by atoms with E-state index < -0.39 is 0 Å². The molecule has 1 aliphatic carbocycles. The van der Waals surface area contributed by atoms with E-state index in [0.717, 1.165) is 31.2 Å². The molecular weight excluding hydrogens is 207 g/mol. The molecule has 2 rings (SSSR count). The van der Waals surface area contributed by atoms with Crippen LogP contribution in [0.5, 0.6) is 0 Å². The minimum atomic E-state index is -0.340. The fourth-order valence-electron chi connectivity index (χ4n) is 2.43. The molecule has 1 aliphatic rings. The molecule has 0 spiro atoms. The van der Waals surface area contributed by atoms with Crippen molar-refractivity contribution in [3.63, 3.8) is 0 Å². The fourth-order valence-corrected chi connectivity index (χ4v) is 2.43. The van der Waals surface area contributed by atoms with Crippen LogP contribution in [0.15, 0.2) is 24.3 Å². The number of halogens is 1. The number of rotatable bonds is 2. The summed E-state index contributed by atoms with van der Waals surface area (Å²) in [6.07, 6.45) is 2.84. The number of hydrogen-bond acceptors (Lipinski definition) is 2. The number of aliphatic hydroxyl groups excluding tert-OH is 1. The Bertz CT molecular complexity index is 339. The second-order valence-corrected chi connectivity index (χ2v) is 4.44. The first kappa shape index (κ1) is 11.6. The van der Waals surface area contributed by atoms with Gasteiger partial charge in [0.05, 0.1) is 11.7 Å². The number of hydrogen-bond donors (Lipinski definition) is 1. The van der Waals surface area contributed by atoms with Gasteiger partial charge in [-0.1, -0.05) is 12.1 Å². The molecule has 0 amide bonds. The molecule has 0 aliphatic heterocycles. The average molecular weight is 224 g/mol. The fraction of sp³-hybridized carbons (Fsp3) is 0.538. The molecule has 0 atom stereocenters. The third kappa shape index (κ3) is 2.11. The summed E-state index contributed by atoms with van der Waals surface area (Å²) in [6.45, 7) is 0. The Hall–Kier alpha value is -0.930. The normalized spacial score (nSPS) is 30.3. The molecule has 1 aromatic carbocycles. The van der Waals surface area contributed by atoms with Gasteiger partial charge in [-0.2, -0.15) is 0 Å². The zero-order valence-corrected chi connectivity index (χ0v) is 9.45. The summed E-state index contributed by atoms with van der Waals surface area (Å²) in [5.41, 5.74) is 0.663. The highest BCUT2D eigenvalue weighted by molar-refractivity contribution is 5.24. The van der Waals surface area contributed by atoms with E-state index in [1.54, 1.807) is 19.2 Å². The van der Waals surface area contributed by atoms with Gasteiger partial charge in [-0.15, -0.1) is 0 Å². The molecule has 1 N–H and O–H groups in total. The lowest BCUT2D eigenvalue weighted by Crippen LogP contribution is -2.35. The standard InChI is InChI=1S/C13H17FO2/c1-16-13(8-6-12(15)7-9-13)10-2-4-11(14)5-3-10/h2-5,12,15H,6-9H2,1H3. The van der Waals surface area contributed by atoms with E-state index in [0.29, 0.717) is 0 Å². The van der Waals surface area contributed by atoms with E-state index in [1.807, 2.05) is 0 Å². The van der Waals surface area contributed by atoms with E-state index in [4.69, 9.17) is 4.74 Å². The van der Waals surface area contributed by atoms with Crippen molar-refractivity contribution in [1.82, 2.24) is 0 Å². The summed E-state index contributed by atoms with van der Waals surface area (Å²) >= 11 is 0. The Morgan fingerprint density at radius 3 is 2.31 bits per heavy atom. The molecule has 1 aromatic rings. The summed E-state index contributed by atoms with van der Waals surface area (Å²) in [5, 5.41) is 9.51. The molecule has 3 heteroatoms. The molecule has 0 heterocycles. The summed E-state index contributed by atoms with van der Waals surface area (Å²) in [7, 11) is 1.68. The van der Waals surface area contributed by atoms with Gasteiger partial charge in [0.1, 0.15) is 5.82 Å². The van der Waals surface area contributed by atoms with Crippen molar-refractivity contribution in [3.8, 4) is 0 Å². The number of aliphatic hydroxyl groups is 1. The van der Waals surface area contributed by atoms with Crippen molar-refractivity contribution in [2.45, 2.75) is 37.4 Å². The minimum absolute atomic E-state index is 0.219. The molecule has 0 bridgehead atoms. The van der Waals surface area contributed by atoms with Gasteiger partial charge >= 0.3 is 0 Å². The number of methoxy groups -OCH3 is 1. The van der Waals surface area contributed by atoms with Crippen LogP contribution in [0.1, 0.15) is 31.2 Å². The van der Waals surface area contributed by atoms with E-state index in [9.17, 15) is 9.50 Å². The zero-order chi connectivity index (χ0) is 11.6. The molecule has 0 radical (unpaired) electrons. The van der Waals surface area contributed by atoms with Crippen LogP contribution in [0, 0.1) is 5.82 Å². The SMILES string of the molecule is COC1(c2ccc(F)cc2)CCC(O)CC1. The monoisotopic (exact) mass is 224 g/mol. The molecular formula is C13H17FO2. The molecule has 1 fully saturated rings. The Labute approximate surface area is 95.1 Å². The first-order valence-corrected chi connectivity index (χ1v) is 5.65. The van der Waals surface area contributed by atoms with Gasteiger partial charge in [-0.3, -0.25) is 0 Å². The topological polar surface area (TPSA) is 29.5 Å². The van der Waals surface area contributed by atoms with Crippen molar-refractivity contribution in [2.24, 2.45) is 0 Å². The van der Waals surface area contributed by atoms with Crippen molar-refractivity contribution in [3.05, 3.63) is 35.6 Å². The maximum absolute atomic E-state index is 12.9. The van der Waals surface area contributed by atoms with Crippen LogP contribution >= 0.6 is 0 Å². The van der Waals surface area contributed by atoms with E-state index in [1.165, 1.54) is 12.1 Å². The van der Waals surface area contributed by atoms with Crippen LogP contribution in [0.4, 0.5) is 4.39 Å². The van der Waals surface area contributed by atoms with Gasteiger partial charge in [-0.05, 0) is 43.4 Å². The first-order chi connectivity index (χ1) is 7.66. The quantitative estimate of drug-likeness (QED) is 0.836. The molecule has 16 heavy (non-hydrogen) atoms. The summed E-state index contributed by atoms with van der Waals surface area (Å²) < 4.78 is 18.5. The highest BCUT2D eigenvalue weighted by atomic mass is 19.1. The predicted molar refractivity (Wildman–Crippen MR) is 59.6 cm³/mol. The van der Waals surface area contributed by atoms with Crippen molar-refractivity contribution in [1.29, 1.82) is 0 Å². The maximum atomic E-state index is 12.9. The number of ether oxygens (including phenoxy) is 1. The van der Waals surface area contributed by atoms with Crippen LogP contribution in [0.3, 0.4) is 0 Å². The molecule has 88 valence electrons. The van der Waals surface area contributed by atoms with Crippen molar-refractivity contribution >= 4 is 0 Å². The van der Waals surface area contributed by atoms with Gasteiger partial charge in [0.25, 0.3) is 0 Å².